The van der Waals surface area contributed by atoms with Crippen LogP contribution < -0.4 is 10.1 Å². The summed E-state index contributed by atoms with van der Waals surface area (Å²) in [5, 5.41) is 2.97. The molecule has 1 heterocycles. The molecule has 0 saturated carbocycles. The number of ether oxygens (including phenoxy) is 1. The summed E-state index contributed by atoms with van der Waals surface area (Å²) in [5.74, 6) is 1.51. The third-order valence-corrected chi connectivity index (χ3v) is 5.86. The van der Waals surface area contributed by atoms with Crippen LogP contribution in [-0.4, -0.2) is 53.0 Å². The number of likely N-dealkylation sites (N-methyl/N-ethyl adjacent to an activating group) is 1. The molecule has 176 valence electrons. The average Bonchev–Trinajstić information content (AvgIpc) is 3.19. The van der Waals surface area contributed by atoms with Gasteiger partial charge in [-0.3, -0.25) is 9.59 Å². The number of unbranched alkanes of at least 4 members (excludes halogenated alkanes) is 2. The maximum atomic E-state index is 12.7. The molecule has 33 heavy (non-hydrogen) atoms. The molecule has 0 bridgehead atoms. The lowest BCUT2D eigenvalue weighted by Crippen LogP contribution is -2.33. The number of fused-ring (bicyclic) bond motifs is 1. The van der Waals surface area contributed by atoms with Crippen molar-refractivity contribution in [3.63, 3.8) is 0 Å². The molecule has 7 heteroatoms. The number of benzene rings is 2. The molecule has 0 spiro atoms. The van der Waals surface area contributed by atoms with Crippen LogP contribution in [0.3, 0.4) is 0 Å². The molecular weight excluding hydrogens is 416 g/mol. The van der Waals surface area contributed by atoms with Gasteiger partial charge in [-0.25, -0.2) is 4.98 Å². The van der Waals surface area contributed by atoms with Crippen LogP contribution in [0.15, 0.2) is 48.5 Å². The second-order valence-corrected chi connectivity index (χ2v) is 7.94. The lowest BCUT2D eigenvalue weighted by atomic mass is 10.1. The van der Waals surface area contributed by atoms with Gasteiger partial charge in [-0.05, 0) is 51.0 Å². The van der Waals surface area contributed by atoms with Crippen LogP contribution in [0.1, 0.15) is 49.3 Å². The number of rotatable bonds is 12. The first kappa shape index (κ1) is 24.3. The van der Waals surface area contributed by atoms with Gasteiger partial charge in [0, 0.05) is 26.1 Å². The Morgan fingerprint density at radius 3 is 2.48 bits per heavy atom. The van der Waals surface area contributed by atoms with Crippen LogP contribution in [-0.2, 0) is 17.8 Å². The predicted molar refractivity (Wildman–Crippen MR) is 131 cm³/mol. The number of hydrogen-bond donors (Lipinski definition) is 1. The quantitative estimate of drug-likeness (QED) is 0.422. The van der Waals surface area contributed by atoms with Crippen LogP contribution in [0, 0.1) is 0 Å². The molecule has 0 aliphatic carbocycles. The first-order valence-corrected chi connectivity index (χ1v) is 11.7. The van der Waals surface area contributed by atoms with Crippen molar-refractivity contribution in [1.29, 1.82) is 0 Å². The fraction of sp³-hybridized carbons (Fsp3) is 0.423. The first-order valence-electron chi connectivity index (χ1n) is 11.7. The fourth-order valence-electron chi connectivity index (χ4n) is 4.02. The monoisotopic (exact) mass is 450 g/mol. The third-order valence-electron chi connectivity index (χ3n) is 5.86. The van der Waals surface area contributed by atoms with Crippen LogP contribution >= 0.6 is 0 Å². The second kappa shape index (κ2) is 12.0. The lowest BCUT2D eigenvalue weighted by molar-refractivity contribution is -0.131. The molecule has 0 aliphatic rings. The molecule has 0 saturated heterocycles. The highest BCUT2D eigenvalue weighted by atomic mass is 16.5. The van der Waals surface area contributed by atoms with Crippen molar-refractivity contribution in [3.05, 3.63) is 59.9 Å². The number of aryl methyl sites for hydroxylation is 1. The summed E-state index contributed by atoms with van der Waals surface area (Å²) in [6.07, 6.45) is 3.56. The van der Waals surface area contributed by atoms with E-state index in [9.17, 15) is 9.59 Å². The van der Waals surface area contributed by atoms with Gasteiger partial charge >= 0.3 is 0 Å². The smallest absolute Gasteiger partial charge is 0.255 e. The highest BCUT2D eigenvalue weighted by molar-refractivity contribution is 5.96. The van der Waals surface area contributed by atoms with E-state index in [1.807, 2.05) is 55.1 Å². The molecule has 7 nitrogen and oxygen atoms in total. The summed E-state index contributed by atoms with van der Waals surface area (Å²) >= 11 is 0. The number of methoxy groups -OCH3 is 1. The van der Waals surface area contributed by atoms with E-state index in [2.05, 4.69) is 9.88 Å². The Balaban J connectivity index is 1.54. The van der Waals surface area contributed by atoms with E-state index >= 15 is 0 Å². The standard InChI is InChI=1S/C26H34N4O3/c1-4-29(5-2)25(31)19-30-22-15-10-9-14-21(22)28-24(30)17-7-6-12-18-27-26(32)20-13-8-11-16-23(20)33-3/h8-11,13-16H,4-7,12,17-19H2,1-3H3,(H,27,32). The summed E-state index contributed by atoms with van der Waals surface area (Å²) in [6, 6.07) is 15.2. The number of nitrogens with one attached hydrogen (secondary N) is 1. The van der Waals surface area contributed by atoms with Crippen LogP contribution in [0.2, 0.25) is 0 Å². The molecule has 2 amide bonds. The zero-order chi connectivity index (χ0) is 23.6. The minimum absolute atomic E-state index is 0.114. The molecule has 2 aromatic carbocycles. The normalized spacial score (nSPS) is 10.9. The average molecular weight is 451 g/mol. The Hall–Kier alpha value is -3.35. The highest BCUT2D eigenvalue weighted by Crippen LogP contribution is 2.19. The molecule has 0 unspecified atom stereocenters. The van der Waals surface area contributed by atoms with Gasteiger partial charge in [0.15, 0.2) is 0 Å². The Morgan fingerprint density at radius 1 is 1.00 bits per heavy atom. The van der Waals surface area contributed by atoms with Crippen molar-refractivity contribution in [2.75, 3.05) is 26.7 Å². The summed E-state index contributed by atoms with van der Waals surface area (Å²) in [5.41, 5.74) is 2.47. The maximum Gasteiger partial charge on any atom is 0.255 e. The molecule has 1 N–H and O–H groups in total. The summed E-state index contributed by atoms with van der Waals surface area (Å²) in [4.78, 5) is 31.8. The topological polar surface area (TPSA) is 76.5 Å². The van der Waals surface area contributed by atoms with Crippen LogP contribution in [0.25, 0.3) is 11.0 Å². The zero-order valence-electron chi connectivity index (χ0n) is 19.8. The van der Waals surface area contributed by atoms with E-state index in [1.54, 1.807) is 19.2 Å². The molecule has 0 atom stereocenters. The van der Waals surface area contributed by atoms with Gasteiger partial charge in [0.25, 0.3) is 5.91 Å². The van der Waals surface area contributed by atoms with Crippen molar-refractivity contribution in [3.8, 4) is 5.75 Å². The van der Waals surface area contributed by atoms with Crippen LogP contribution in [0.4, 0.5) is 0 Å². The zero-order valence-corrected chi connectivity index (χ0v) is 19.8. The van der Waals surface area contributed by atoms with Gasteiger partial charge in [-0.2, -0.15) is 0 Å². The van der Waals surface area contributed by atoms with Crippen molar-refractivity contribution in [2.24, 2.45) is 0 Å². The maximum absolute atomic E-state index is 12.7. The van der Waals surface area contributed by atoms with Gasteiger partial charge in [-0.15, -0.1) is 0 Å². The fourth-order valence-corrected chi connectivity index (χ4v) is 4.02. The lowest BCUT2D eigenvalue weighted by Gasteiger charge is -2.20. The van der Waals surface area contributed by atoms with Crippen molar-refractivity contribution >= 4 is 22.8 Å². The minimum atomic E-state index is -0.121. The number of amides is 2. The van der Waals surface area contributed by atoms with E-state index in [1.165, 1.54) is 0 Å². The second-order valence-electron chi connectivity index (χ2n) is 7.94. The third kappa shape index (κ3) is 6.12. The molecular formula is C26H34N4O3. The Kier molecular flexibility index (Phi) is 8.87. The number of para-hydroxylation sites is 3. The van der Waals surface area contributed by atoms with E-state index in [0.717, 1.165) is 42.5 Å². The Bertz CT molecular complexity index is 1070. The number of aromatic nitrogens is 2. The largest absolute Gasteiger partial charge is 0.496 e. The van der Waals surface area contributed by atoms with Gasteiger partial charge in [-0.1, -0.05) is 30.7 Å². The molecule has 1 aromatic heterocycles. The molecule has 0 aliphatic heterocycles. The van der Waals surface area contributed by atoms with Crippen molar-refractivity contribution in [2.45, 2.75) is 46.1 Å². The molecule has 0 radical (unpaired) electrons. The Labute approximate surface area is 195 Å². The summed E-state index contributed by atoms with van der Waals surface area (Å²) < 4.78 is 7.31. The molecule has 0 fully saturated rings. The van der Waals surface area contributed by atoms with Crippen molar-refractivity contribution in [1.82, 2.24) is 19.8 Å². The van der Waals surface area contributed by atoms with Crippen molar-refractivity contribution < 1.29 is 14.3 Å². The number of carbonyl (C=O) groups excluding carboxylic acids is 2. The van der Waals surface area contributed by atoms with E-state index in [4.69, 9.17) is 9.72 Å². The van der Waals surface area contributed by atoms with Gasteiger partial charge in [0.1, 0.15) is 18.1 Å². The van der Waals surface area contributed by atoms with Gasteiger partial charge in [0.2, 0.25) is 5.91 Å². The van der Waals surface area contributed by atoms with Gasteiger partial charge in [0.05, 0.1) is 23.7 Å². The summed E-state index contributed by atoms with van der Waals surface area (Å²) in [6.45, 7) is 6.33. The molecule has 3 aromatic rings. The number of hydrogen-bond acceptors (Lipinski definition) is 4. The highest BCUT2D eigenvalue weighted by Gasteiger charge is 2.16. The van der Waals surface area contributed by atoms with E-state index in [-0.39, 0.29) is 11.8 Å². The number of nitrogens with zero attached hydrogens (tertiary/aromatic N) is 3. The SMILES string of the molecule is CCN(CC)C(=O)Cn1c(CCCCCNC(=O)c2ccccc2OC)nc2ccccc21. The van der Waals surface area contributed by atoms with E-state index in [0.29, 0.717) is 37.5 Å². The predicted octanol–water partition coefficient (Wildman–Crippen LogP) is 4.06. The minimum Gasteiger partial charge on any atom is -0.496 e. The Morgan fingerprint density at radius 2 is 1.73 bits per heavy atom. The number of carbonyl (C=O) groups is 2. The van der Waals surface area contributed by atoms with E-state index < -0.39 is 0 Å². The van der Waals surface area contributed by atoms with Crippen LogP contribution in [0.5, 0.6) is 5.75 Å². The van der Waals surface area contributed by atoms with Gasteiger partial charge < -0.3 is 19.5 Å². The number of imidazole rings is 1. The summed E-state index contributed by atoms with van der Waals surface area (Å²) in [7, 11) is 1.56. The molecule has 3 rings (SSSR count). The first-order chi connectivity index (χ1) is 16.1.